The fourth-order valence-corrected chi connectivity index (χ4v) is 4.08. The Bertz CT molecular complexity index is 995. The van der Waals surface area contributed by atoms with E-state index in [1.54, 1.807) is 0 Å². The summed E-state index contributed by atoms with van der Waals surface area (Å²) in [6.07, 6.45) is -4.92. The molecule has 12 heteroatoms. The summed E-state index contributed by atoms with van der Waals surface area (Å²) in [5.41, 5.74) is 4.01. The molecule has 0 aromatic heterocycles. The normalized spacial score (nSPS) is 13.5. The zero-order valence-corrected chi connectivity index (χ0v) is 15.9. The van der Waals surface area contributed by atoms with Gasteiger partial charge in [-0.15, -0.1) is 0 Å². The van der Waals surface area contributed by atoms with Crippen molar-refractivity contribution in [2.24, 2.45) is 5.73 Å². The van der Waals surface area contributed by atoms with Gasteiger partial charge in [0.2, 0.25) is 10.0 Å². The maximum Gasteiger partial charge on any atom is 0.419 e. The van der Waals surface area contributed by atoms with Crippen LogP contribution in [0.3, 0.4) is 0 Å². The lowest BCUT2D eigenvalue weighted by Gasteiger charge is -2.24. The molecule has 0 heterocycles. The van der Waals surface area contributed by atoms with E-state index >= 15 is 0 Å². The van der Waals surface area contributed by atoms with Gasteiger partial charge in [0.05, 0.1) is 15.4 Å². The van der Waals surface area contributed by atoms with Gasteiger partial charge >= 0.3 is 6.18 Å². The smallest absolute Gasteiger partial charge is 0.323 e. The van der Waals surface area contributed by atoms with Gasteiger partial charge in [0, 0.05) is 31.3 Å². The van der Waals surface area contributed by atoms with Crippen molar-refractivity contribution in [1.29, 1.82) is 0 Å². The number of likely N-dealkylation sites (N-methyl/N-ethyl adjacent to an activating group) is 1. The molecule has 0 fully saturated rings. The van der Waals surface area contributed by atoms with Crippen molar-refractivity contribution in [2.75, 3.05) is 13.1 Å². The first kappa shape index (κ1) is 22.7. The van der Waals surface area contributed by atoms with E-state index in [0.29, 0.717) is 12.1 Å². The molecule has 0 bridgehead atoms. The first-order valence-electron chi connectivity index (χ1n) is 8.24. The standard InChI is InChI=1S/C17H17F4N3O4S/c1-2-23(29(27,28)13-6-4-12(5-7-13)24(25)26)10-16(22)11-3-8-15(18)14(9-11)17(19,20)21/h3-9,16H,2,10,22H2,1H3/t16-/m0/s1. The number of hydrogen-bond acceptors (Lipinski definition) is 5. The van der Waals surface area contributed by atoms with Gasteiger partial charge in [-0.05, 0) is 29.8 Å². The molecule has 0 aliphatic heterocycles. The molecule has 158 valence electrons. The van der Waals surface area contributed by atoms with Crippen LogP contribution in [-0.4, -0.2) is 30.7 Å². The lowest BCUT2D eigenvalue weighted by Crippen LogP contribution is -2.37. The maximum atomic E-state index is 13.4. The van der Waals surface area contributed by atoms with E-state index < -0.39 is 38.5 Å². The van der Waals surface area contributed by atoms with E-state index in [-0.39, 0.29) is 29.2 Å². The average Bonchev–Trinajstić information content (AvgIpc) is 2.65. The minimum absolute atomic E-state index is 0.0552. The zero-order valence-electron chi connectivity index (χ0n) is 15.1. The van der Waals surface area contributed by atoms with Crippen molar-refractivity contribution in [1.82, 2.24) is 4.31 Å². The molecule has 2 aromatic carbocycles. The Kier molecular flexibility index (Phi) is 6.60. The number of benzene rings is 2. The molecule has 0 unspecified atom stereocenters. The number of nitrogens with zero attached hydrogens (tertiary/aromatic N) is 2. The number of non-ortho nitro benzene ring substituents is 1. The number of hydrogen-bond donors (Lipinski definition) is 1. The Morgan fingerprint density at radius 3 is 2.24 bits per heavy atom. The number of nitrogens with two attached hydrogens (primary N) is 1. The van der Waals surface area contributed by atoms with Crippen LogP contribution in [0.4, 0.5) is 23.2 Å². The van der Waals surface area contributed by atoms with Crippen LogP contribution in [0.5, 0.6) is 0 Å². The van der Waals surface area contributed by atoms with Crippen LogP contribution in [0.2, 0.25) is 0 Å². The van der Waals surface area contributed by atoms with Crippen LogP contribution in [0, 0.1) is 15.9 Å². The second-order valence-corrected chi connectivity index (χ2v) is 7.99. The SMILES string of the molecule is CCN(C[C@H](N)c1ccc(F)c(C(F)(F)F)c1)S(=O)(=O)c1ccc([N+](=O)[O-])cc1. The minimum Gasteiger partial charge on any atom is -0.323 e. The summed E-state index contributed by atoms with van der Waals surface area (Å²) in [6.45, 7) is 1.07. The van der Waals surface area contributed by atoms with Crippen LogP contribution in [-0.2, 0) is 16.2 Å². The van der Waals surface area contributed by atoms with E-state index in [2.05, 4.69) is 0 Å². The lowest BCUT2D eigenvalue weighted by molar-refractivity contribution is -0.384. The Hall–Kier alpha value is -2.57. The number of alkyl halides is 3. The largest absolute Gasteiger partial charge is 0.419 e. The van der Waals surface area contributed by atoms with Crippen LogP contribution < -0.4 is 5.73 Å². The Labute approximate surface area is 163 Å². The highest BCUT2D eigenvalue weighted by atomic mass is 32.2. The van der Waals surface area contributed by atoms with Gasteiger partial charge in [0.1, 0.15) is 5.82 Å². The Morgan fingerprint density at radius 2 is 1.76 bits per heavy atom. The quantitative estimate of drug-likeness (QED) is 0.407. The highest BCUT2D eigenvalue weighted by molar-refractivity contribution is 7.89. The van der Waals surface area contributed by atoms with Gasteiger partial charge in [0.25, 0.3) is 5.69 Å². The van der Waals surface area contributed by atoms with Crippen LogP contribution in [0.1, 0.15) is 24.1 Å². The van der Waals surface area contributed by atoms with Gasteiger partial charge in [-0.3, -0.25) is 10.1 Å². The van der Waals surface area contributed by atoms with Gasteiger partial charge in [-0.2, -0.15) is 17.5 Å². The fourth-order valence-electron chi connectivity index (χ4n) is 2.60. The second-order valence-electron chi connectivity index (χ2n) is 6.05. The Balaban J connectivity index is 2.29. The maximum absolute atomic E-state index is 13.4. The summed E-state index contributed by atoms with van der Waals surface area (Å²) in [4.78, 5) is 9.79. The summed E-state index contributed by atoms with van der Waals surface area (Å²) in [5.74, 6) is -1.46. The van der Waals surface area contributed by atoms with E-state index in [9.17, 15) is 36.1 Å². The van der Waals surface area contributed by atoms with E-state index in [4.69, 9.17) is 5.73 Å². The molecular weight excluding hydrogens is 418 g/mol. The van der Waals surface area contributed by atoms with Crippen LogP contribution in [0.25, 0.3) is 0 Å². The molecule has 2 aromatic rings. The van der Waals surface area contributed by atoms with Crippen LogP contribution in [0.15, 0.2) is 47.4 Å². The van der Waals surface area contributed by atoms with Crippen molar-refractivity contribution in [3.05, 3.63) is 69.5 Å². The first-order valence-corrected chi connectivity index (χ1v) is 9.68. The predicted molar refractivity (Wildman–Crippen MR) is 95.9 cm³/mol. The third-order valence-electron chi connectivity index (χ3n) is 4.16. The molecule has 0 aliphatic carbocycles. The van der Waals surface area contributed by atoms with E-state index in [1.807, 2.05) is 0 Å². The second kappa shape index (κ2) is 8.43. The van der Waals surface area contributed by atoms with Crippen molar-refractivity contribution in [3.8, 4) is 0 Å². The molecule has 0 spiro atoms. The predicted octanol–water partition coefficient (Wildman–Crippen LogP) is 3.46. The van der Waals surface area contributed by atoms with Crippen molar-refractivity contribution >= 4 is 15.7 Å². The first-order chi connectivity index (χ1) is 13.4. The summed E-state index contributed by atoms with van der Waals surface area (Å²) in [7, 11) is -4.11. The van der Waals surface area contributed by atoms with Crippen molar-refractivity contribution in [2.45, 2.75) is 24.0 Å². The molecule has 0 saturated carbocycles. The molecule has 2 N–H and O–H groups in total. The molecule has 0 saturated heterocycles. The molecule has 1 atom stereocenters. The third kappa shape index (κ3) is 5.08. The molecule has 0 aliphatic rings. The highest BCUT2D eigenvalue weighted by Gasteiger charge is 2.35. The number of sulfonamides is 1. The Morgan fingerprint density at radius 1 is 1.17 bits per heavy atom. The average molecular weight is 435 g/mol. The lowest BCUT2D eigenvalue weighted by atomic mass is 10.0. The fraction of sp³-hybridized carbons (Fsp3) is 0.294. The topological polar surface area (TPSA) is 107 Å². The third-order valence-corrected chi connectivity index (χ3v) is 6.12. The molecular formula is C17H17F4N3O4S. The van der Waals surface area contributed by atoms with Gasteiger partial charge < -0.3 is 5.73 Å². The molecule has 2 rings (SSSR count). The van der Waals surface area contributed by atoms with Gasteiger partial charge in [0.15, 0.2) is 0 Å². The molecule has 7 nitrogen and oxygen atoms in total. The number of halogens is 4. The summed E-state index contributed by atoms with van der Waals surface area (Å²) >= 11 is 0. The van der Waals surface area contributed by atoms with Gasteiger partial charge in [-0.25, -0.2) is 12.8 Å². The number of rotatable bonds is 7. The van der Waals surface area contributed by atoms with Crippen molar-refractivity contribution in [3.63, 3.8) is 0 Å². The molecule has 0 radical (unpaired) electrons. The van der Waals surface area contributed by atoms with E-state index in [0.717, 1.165) is 34.6 Å². The highest BCUT2D eigenvalue weighted by Crippen LogP contribution is 2.33. The van der Waals surface area contributed by atoms with Crippen LogP contribution >= 0.6 is 0 Å². The molecule has 29 heavy (non-hydrogen) atoms. The van der Waals surface area contributed by atoms with E-state index in [1.165, 1.54) is 6.92 Å². The molecule has 0 amide bonds. The minimum atomic E-state index is -4.92. The summed E-state index contributed by atoms with van der Waals surface area (Å²) in [6, 6.07) is 5.23. The van der Waals surface area contributed by atoms with Gasteiger partial charge in [-0.1, -0.05) is 13.0 Å². The summed E-state index contributed by atoms with van der Waals surface area (Å²) in [5, 5.41) is 10.7. The number of nitro benzene ring substituents is 1. The van der Waals surface area contributed by atoms with Crippen molar-refractivity contribution < 1.29 is 30.9 Å². The zero-order chi connectivity index (χ0) is 22.0. The monoisotopic (exact) mass is 435 g/mol. The summed E-state index contributed by atoms with van der Waals surface area (Å²) < 4.78 is 78.5. The number of nitro groups is 1.